The number of ketones is 1. The highest BCUT2D eigenvalue weighted by atomic mass is 19.1. The number of hydrogen-bond acceptors (Lipinski definition) is 2. The van der Waals surface area contributed by atoms with E-state index in [9.17, 15) is 13.6 Å². The van der Waals surface area contributed by atoms with Crippen LogP contribution in [0, 0.1) is 16.7 Å². The van der Waals surface area contributed by atoms with Crippen molar-refractivity contribution < 1.29 is 13.6 Å². The molecule has 0 aliphatic carbocycles. The molecule has 0 spiro atoms. The monoisotopic (exact) mass is 161 g/mol. The molecule has 0 aromatic carbocycles. The lowest BCUT2D eigenvalue weighted by Crippen LogP contribution is -2.33. The Morgan fingerprint density at radius 3 is 2.45 bits per heavy atom. The van der Waals surface area contributed by atoms with E-state index in [-0.39, 0.29) is 0 Å². The highest BCUT2D eigenvalue weighted by Crippen LogP contribution is 2.19. The minimum atomic E-state index is -2.21. The molecule has 0 bridgehead atoms. The van der Waals surface area contributed by atoms with Crippen molar-refractivity contribution in [2.45, 2.75) is 20.0 Å². The first-order chi connectivity index (χ1) is 4.95. The second-order valence-electron chi connectivity index (χ2n) is 2.87. The lowest BCUT2D eigenvalue weighted by molar-refractivity contribution is -0.131. The molecule has 1 atom stereocenters. The van der Waals surface area contributed by atoms with Gasteiger partial charge in [-0.05, 0) is 0 Å². The first kappa shape index (κ1) is 10.0. The topological polar surface area (TPSA) is 40.9 Å². The summed E-state index contributed by atoms with van der Waals surface area (Å²) in [7, 11) is 0. The van der Waals surface area contributed by atoms with Gasteiger partial charge in [0.15, 0.2) is 5.78 Å². The Bertz CT molecular complexity index is 195. The number of carbonyl (C=O) groups is 1. The zero-order chi connectivity index (χ0) is 9.07. The molecule has 0 aliphatic heterocycles. The Labute approximate surface area is 63.8 Å². The van der Waals surface area contributed by atoms with Crippen molar-refractivity contribution >= 4 is 5.78 Å². The number of rotatable bonds is 3. The molecule has 0 rings (SSSR count). The minimum Gasteiger partial charge on any atom is -0.294 e. The molecule has 2 nitrogen and oxygen atoms in total. The molecule has 0 saturated heterocycles. The van der Waals surface area contributed by atoms with E-state index in [2.05, 4.69) is 0 Å². The molecular formula is C7H9F2NO. The van der Waals surface area contributed by atoms with Crippen LogP contribution < -0.4 is 0 Å². The molecular weight excluding hydrogens is 152 g/mol. The van der Waals surface area contributed by atoms with Crippen LogP contribution in [-0.2, 0) is 4.79 Å². The Morgan fingerprint density at radius 2 is 2.18 bits per heavy atom. The molecule has 0 heterocycles. The second-order valence-corrected chi connectivity index (χ2v) is 2.87. The van der Waals surface area contributed by atoms with Gasteiger partial charge in [0, 0.05) is 0 Å². The van der Waals surface area contributed by atoms with Gasteiger partial charge in [-0.1, -0.05) is 13.8 Å². The van der Waals surface area contributed by atoms with E-state index < -0.39 is 24.0 Å². The number of halogens is 2. The Kier molecular flexibility index (Phi) is 3.12. The summed E-state index contributed by atoms with van der Waals surface area (Å²) in [4.78, 5) is 10.8. The fourth-order valence-corrected chi connectivity index (χ4v) is 0.468. The highest BCUT2D eigenvalue weighted by molar-refractivity contribution is 5.90. The van der Waals surface area contributed by atoms with Gasteiger partial charge in [-0.25, -0.2) is 4.39 Å². The normalized spacial score (nSPS) is 13.7. The molecule has 0 N–H and O–H groups in total. The Balaban J connectivity index is 4.38. The van der Waals surface area contributed by atoms with Crippen LogP contribution in [0.15, 0.2) is 0 Å². The van der Waals surface area contributed by atoms with Gasteiger partial charge in [-0.2, -0.15) is 5.26 Å². The summed E-state index contributed by atoms with van der Waals surface area (Å²) in [6, 6.07) is 1.12. The average Bonchev–Trinajstić information content (AvgIpc) is 2.01. The molecule has 1 unspecified atom stereocenters. The van der Waals surface area contributed by atoms with Crippen LogP contribution in [0.4, 0.5) is 8.78 Å². The van der Waals surface area contributed by atoms with Crippen molar-refractivity contribution in [1.29, 1.82) is 5.26 Å². The van der Waals surface area contributed by atoms with Crippen LogP contribution >= 0.6 is 0 Å². The van der Waals surface area contributed by atoms with Crippen molar-refractivity contribution in [3.8, 4) is 6.07 Å². The minimum absolute atomic E-state index is 0.950. The maximum Gasteiger partial charge on any atom is 0.244 e. The third kappa shape index (κ3) is 2.26. The standard InChI is InChI=1S/C7H9F2NO/c1-7(2,4-8)6(11)5(9)3-10/h5H,4H2,1-2H3. The van der Waals surface area contributed by atoms with Gasteiger partial charge in [0.25, 0.3) is 0 Å². The molecule has 4 heteroatoms. The summed E-state index contributed by atoms with van der Waals surface area (Å²) in [5.41, 5.74) is -1.38. The molecule has 11 heavy (non-hydrogen) atoms. The SMILES string of the molecule is CC(C)(CF)C(=O)C(F)C#N. The molecule has 0 saturated carbocycles. The Hall–Kier alpha value is -0.980. The predicted octanol–water partition coefficient (Wildman–Crippen LogP) is 1.41. The zero-order valence-corrected chi connectivity index (χ0v) is 6.40. The van der Waals surface area contributed by atoms with Crippen LogP contribution in [0.2, 0.25) is 0 Å². The van der Waals surface area contributed by atoms with Gasteiger partial charge in [0.1, 0.15) is 12.7 Å². The lowest BCUT2D eigenvalue weighted by atomic mass is 9.87. The fraction of sp³-hybridized carbons (Fsp3) is 0.714. The molecule has 0 fully saturated rings. The molecule has 0 aliphatic rings. The maximum atomic E-state index is 12.3. The largest absolute Gasteiger partial charge is 0.294 e. The summed E-state index contributed by atoms with van der Waals surface area (Å²) < 4.78 is 24.4. The van der Waals surface area contributed by atoms with E-state index in [1.807, 2.05) is 0 Å². The number of nitriles is 1. The Morgan fingerprint density at radius 1 is 1.73 bits per heavy atom. The van der Waals surface area contributed by atoms with Crippen LogP contribution in [0.1, 0.15) is 13.8 Å². The molecule has 0 amide bonds. The van der Waals surface area contributed by atoms with E-state index in [1.165, 1.54) is 13.8 Å². The average molecular weight is 161 g/mol. The van der Waals surface area contributed by atoms with Crippen molar-refractivity contribution in [1.82, 2.24) is 0 Å². The molecule has 62 valence electrons. The molecule has 0 aromatic heterocycles. The molecule has 0 radical (unpaired) electrons. The van der Waals surface area contributed by atoms with Crippen molar-refractivity contribution in [3.63, 3.8) is 0 Å². The van der Waals surface area contributed by atoms with Gasteiger partial charge < -0.3 is 0 Å². The van der Waals surface area contributed by atoms with E-state index in [1.54, 1.807) is 0 Å². The fourth-order valence-electron chi connectivity index (χ4n) is 0.468. The second kappa shape index (κ2) is 3.42. The van der Waals surface area contributed by atoms with Gasteiger partial charge in [0.2, 0.25) is 6.17 Å². The van der Waals surface area contributed by atoms with E-state index >= 15 is 0 Å². The third-order valence-electron chi connectivity index (χ3n) is 1.34. The number of carbonyl (C=O) groups excluding carboxylic acids is 1. The zero-order valence-electron chi connectivity index (χ0n) is 6.40. The van der Waals surface area contributed by atoms with Crippen molar-refractivity contribution in [2.24, 2.45) is 5.41 Å². The van der Waals surface area contributed by atoms with Crippen LogP contribution in [0.25, 0.3) is 0 Å². The van der Waals surface area contributed by atoms with Gasteiger partial charge in [-0.3, -0.25) is 9.18 Å². The predicted molar refractivity (Wildman–Crippen MR) is 35.3 cm³/mol. The lowest BCUT2D eigenvalue weighted by Gasteiger charge is -2.17. The quantitative estimate of drug-likeness (QED) is 0.627. The smallest absolute Gasteiger partial charge is 0.244 e. The van der Waals surface area contributed by atoms with Gasteiger partial charge in [-0.15, -0.1) is 0 Å². The first-order valence-electron chi connectivity index (χ1n) is 3.09. The van der Waals surface area contributed by atoms with Crippen LogP contribution in [0.5, 0.6) is 0 Å². The third-order valence-corrected chi connectivity index (χ3v) is 1.34. The molecule has 0 aromatic rings. The summed E-state index contributed by atoms with van der Waals surface area (Å²) in [6.07, 6.45) is -2.21. The summed E-state index contributed by atoms with van der Waals surface area (Å²) in [6.45, 7) is 1.58. The van der Waals surface area contributed by atoms with E-state index in [0.29, 0.717) is 0 Å². The number of nitrogens with zero attached hydrogens (tertiary/aromatic N) is 1. The summed E-state index contributed by atoms with van der Waals surface area (Å²) in [5, 5.41) is 8.00. The van der Waals surface area contributed by atoms with E-state index in [4.69, 9.17) is 5.26 Å². The summed E-state index contributed by atoms with van der Waals surface area (Å²) >= 11 is 0. The van der Waals surface area contributed by atoms with Crippen LogP contribution in [-0.4, -0.2) is 18.6 Å². The number of alkyl halides is 2. The van der Waals surface area contributed by atoms with Crippen molar-refractivity contribution in [3.05, 3.63) is 0 Å². The van der Waals surface area contributed by atoms with E-state index in [0.717, 1.165) is 6.07 Å². The van der Waals surface area contributed by atoms with Gasteiger partial charge >= 0.3 is 0 Å². The van der Waals surface area contributed by atoms with Gasteiger partial charge in [0.05, 0.1) is 5.41 Å². The maximum absolute atomic E-state index is 12.3. The highest BCUT2D eigenvalue weighted by Gasteiger charge is 2.33. The summed E-state index contributed by atoms with van der Waals surface area (Å²) in [5.74, 6) is -0.998. The van der Waals surface area contributed by atoms with Crippen molar-refractivity contribution in [2.75, 3.05) is 6.67 Å². The van der Waals surface area contributed by atoms with Crippen LogP contribution in [0.3, 0.4) is 0 Å². The first-order valence-corrected chi connectivity index (χ1v) is 3.09. The number of hydrogen-bond donors (Lipinski definition) is 0. The number of Topliss-reactive ketones (excluding diaryl/α,β-unsaturated/α-hetero) is 1.